The van der Waals surface area contributed by atoms with E-state index in [-0.39, 0.29) is 39.0 Å². The van der Waals surface area contributed by atoms with Crippen molar-refractivity contribution in [2.24, 2.45) is 23.7 Å². The molecule has 10 heteroatoms. The fraction of sp³-hybridized carbons (Fsp3) is 0.500. The average Bonchev–Trinajstić information content (AvgIpc) is 3.22. The summed E-state index contributed by atoms with van der Waals surface area (Å²) < 4.78 is 38.4. The lowest BCUT2D eigenvalue weighted by molar-refractivity contribution is -0.143. The second-order valence-corrected chi connectivity index (χ2v) is 9.51. The Morgan fingerprint density at radius 3 is 2.21 bits per heavy atom. The number of likely N-dealkylation sites (tertiary alicyclic amines) is 1. The van der Waals surface area contributed by atoms with Crippen molar-refractivity contribution in [2.45, 2.75) is 22.3 Å². The highest BCUT2D eigenvalue weighted by atomic mass is 79.9. The molecule has 0 unspecified atom stereocenters. The SMILES string of the molecule is O=C(CN1C(=O)[C@@H]2[C@H]3C[C@H]([C@H](Br)[C@H]3Br)[C@@H]2C1=O)Nc1cccc(C(F)(F)F)c1. The molecule has 5 nitrogen and oxygen atoms in total. The van der Waals surface area contributed by atoms with Crippen LogP contribution in [0.2, 0.25) is 0 Å². The van der Waals surface area contributed by atoms with Gasteiger partial charge in [-0.2, -0.15) is 13.2 Å². The number of rotatable bonds is 3. The van der Waals surface area contributed by atoms with Crippen molar-refractivity contribution in [3.8, 4) is 0 Å². The summed E-state index contributed by atoms with van der Waals surface area (Å²) in [5.74, 6) is -2.25. The smallest absolute Gasteiger partial charge is 0.325 e. The number of imide groups is 1. The van der Waals surface area contributed by atoms with Crippen LogP contribution in [0.4, 0.5) is 18.9 Å². The molecule has 1 N–H and O–H groups in total. The predicted octanol–water partition coefficient (Wildman–Crippen LogP) is 3.42. The molecule has 28 heavy (non-hydrogen) atoms. The standard InChI is InChI=1S/C18H15Br2F3N2O3/c19-14-9-5-10(15(14)20)13-12(9)16(27)25(17(13)28)6-11(26)24-8-3-1-2-7(4-8)18(21,22)23/h1-4,9-10,12-15H,5-6H2,(H,24,26)/t9-,10+,12-,13+,14-,15-/m0/s1. The highest BCUT2D eigenvalue weighted by molar-refractivity contribution is 9.12. The van der Waals surface area contributed by atoms with Gasteiger partial charge in [-0.25, -0.2) is 0 Å². The number of carbonyl (C=O) groups excluding carboxylic acids is 3. The average molecular weight is 524 g/mol. The minimum absolute atomic E-state index is 0.0346. The van der Waals surface area contributed by atoms with Gasteiger partial charge in [0, 0.05) is 15.3 Å². The van der Waals surface area contributed by atoms with Gasteiger partial charge in [0.05, 0.1) is 17.4 Å². The lowest BCUT2D eigenvalue weighted by Gasteiger charge is -2.28. The number of amides is 3. The molecule has 3 fully saturated rings. The van der Waals surface area contributed by atoms with Gasteiger partial charge in [-0.05, 0) is 36.5 Å². The van der Waals surface area contributed by atoms with Crippen LogP contribution in [-0.2, 0) is 20.6 Å². The summed E-state index contributed by atoms with van der Waals surface area (Å²) in [6.07, 6.45) is -3.75. The van der Waals surface area contributed by atoms with Gasteiger partial charge in [-0.3, -0.25) is 19.3 Å². The Hall–Kier alpha value is -1.42. The number of nitrogens with zero attached hydrogens (tertiary/aromatic N) is 1. The van der Waals surface area contributed by atoms with Gasteiger partial charge in [-0.15, -0.1) is 0 Å². The van der Waals surface area contributed by atoms with Crippen molar-refractivity contribution in [1.29, 1.82) is 0 Å². The Morgan fingerprint density at radius 2 is 1.68 bits per heavy atom. The van der Waals surface area contributed by atoms with Crippen molar-refractivity contribution in [3.63, 3.8) is 0 Å². The number of fused-ring (bicyclic) bond motifs is 5. The van der Waals surface area contributed by atoms with Gasteiger partial charge < -0.3 is 5.32 Å². The number of halogens is 5. The Morgan fingerprint density at radius 1 is 1.11 bits per heavy atom. The lowest BCUT2D eigenvalue weighted by atomic mass is 9.81. The van der Waals surface area contributed by atoms with E-state index in [1.807, 2.05) is 0 Å². The van der Waals surface area contributed by atoms with E-state index in [1.54, 1.807) is 0 Å². The maximum absolute atomic E-state index is 12.8. The van der Waals surface area contributed by atoms with Gasteiger partial charge in [-0.1, -0.05) is 37.9 Å². The van der Waals surface area contributed by atoms with E-state index in [0.29, 0.717) is 0 Å². The highest BCUT2D eigenvalue weighted by Gasteiger charge is 2.66. The Balaban J connectivity index is 1.46. The summed E-state index contributed by atoms with van der Waals surface area (Å²) in [6, 6.07) is 4.21. The largest absolute Gasteiger partial charge is 0.416 e. The van der Waals surface area contributed by atoms with E-state index in [4.69, 9.17) is 0 Å². The van der Waals surface area contributed by atoms with E-state index >= 15 is 0 Å². The molecule has 1 heterocycles. The van der Waals surface area contributed by atoms with E-state index in [1.165, 1.54) is 12.1 Å². The van der Waals surface area contributed by atoms with Crippen LogP contribution in [0.25, 0.3) is 0 Å². The Labute approximate surface area is 175 Å². The number of benzene rings is 1. The summed E-state index contributed by atoms with van der Waals surface area (Å²) in [4.78, 5) is 38.9. The minimum atomic E-state index is -4.53. The number of anilines is 1. The normalized spacial score (nSPS) is 34.1. The fourth-order valence-electron chi connectivity index (χ4n) is 4.68. The number of alkyl halides is 5. The van der Waals surface area contributed by atoms with Gasteiger partial charge in [0.2, 0.25) is 17.7 Å². The lowest BCUT2D eigenvalue weighted by Crippen LogP contribution is -2.39. The Kier molecular flexibility index (Phi) is 4.85. The molecule has 2 saturated carbocycles. The van der Waals surface area contributed by atoms with Gasteiger partial charge in [0.25, 0.3) is 0 Å². The number of hydrogen-bond acceptors (Lipinski definition) is 3. The van der Waals surface area contributed by atoms with Crippen LogP contribution in [0.1, 0.15) is 12.0 Å². The molecule has 0 radical (unpaired) electrons. The minimum Gasteiger partial charge on any atom is -0.325 e. The third kappa shape index (κ3) is 3.08. The van der Waals surface area contributed by atoms with Crippen molar-refractivity contribution >= 4 is 55.3 Å². The maximum Gasteiger partial charge on any atom is 0.416 e. The van der Waals surface area contributed by atoms with Crippen LogP contribution < -0.4 is 5.32 Å². The van der Waals surface area contributed by atoms with Crippen molar-refractivity contribution < 1.29 is 27.6 Å². The molecule has 3 amide bonds. The van der Waals surface area contributed by atoms with E-state index in [0.717, 1.165) is 23.5 Å². The first-order valence-electron chi connectivity index (χ1n) is 8.70. The first kappa shape index (κ1) is 19.9. The topological polar surface area (TPSA) is 66.5 Å². The number of carbonyl (C=O) groups is 3. The third-order valence-electron chi connectivity index (χ3n) is 5.85. The maximum atomic E-state index is 12.8. The molecule has 3 aliphatic rings. The monoisotopic (exact) mass is 522 g/mol. The molecule has 150 valence electrons. The highest BCUT2D eigenvalue weighted by Crippen LogP contribution is 2.60. The van der Waals surface area contributed by atoms with Crippen LogP contribution in [0.15, 0.2) is 24.3 Å². The van der Waals surface area contributed by atoms with Crippen LogP contribution in [-0.4, -0.2) is 38.8 Å². The first-order valence-corrected chi connectivity index (χ1v) is 10.5. The molecule has 1 aliphatic heterocycles. The first-order chi connectivity index (χ1) is 13.1. The molecular formula is C18H15Br2F3N2O3. The molecule has 1 aromatic carbocycles. The van der Waals surface area contributed by atoms with E-state index in [2.05, 4.69) is 37.2 Å². The van der Waals surface area contributed by atoms with Gasteiger partial charge in [0.15, 0.2) is 0 Å². The molecule has 4 rings (SSSR count). The van der Waals surface area contributed by atoms with Gasteiger partial charge in [0.1, 0.15) is 6.54 Å². The molecule has 1 aromatic rings. The molecule has 0 spiro atoms. The summed E-state index contributed by atoms with van der Waals surface area (Å²) in [5, 5.41) is 2.34. The molecule has 1 saturated heterocycles. The van der Waals surface area contributed by atoms with Crippen molar-refractivity contribution in [1.82, 2.24) is 4.90 Å². The zero-order chi connectivity index (χ0) is 20.4. The zero-order valence-electron chi connectivity index (χ0n) is 14.2. The number of hydrogen-bond donors (Lipinski definition) is 1. The number of nitrogens with one attached hydrogen (secondary N) is 1. The quantitative estimate of drug-likeness (QED) is 0.487. The third-order valence-corrected chi connectivity index (χ3v) is 9.06. The van der Waals surface area contributed by atoms with Crippen LogP contribution >= 0.6 is 31.9 Å². The second kappa shape index (κ2) is 6.83. The summed E-state index contributed by atoms with van der Waals surface area (Å²) >= 11 is 7.16. The fourth-order valence-corrected chi connectivity index (χ4v) is 6.56. The molecule has 2 bridgehead atoms. The summed E-state index contributed by atoms with van der Waals surface area (Å²) in [5.41, 5.74) is -0.934. The molecule has 2 aliphatic carbocycles. The van der Waals surface area contributed by atoms with E-state index < -0.39 is 36.0 Å². The predicted molar refractivity (Wildman–Crippen MR) is 101 cm³/mol. The Bertz CT molecular complexity index is 831. The van der Waals surface area contributed by atoms with Crippen LogP contribution in [0, 0.1) is 23.7 Å². The molecular weight excluding hydrogens is 509 g/mol. The van der Waals surface area contributed by atoms with Gasteiger partial charge >= 0.3 is 6.18 Å². The molecule has 0 aromatic heterocycles. The van der Waals surface area contributed by atoms with E-state index in [9.17, 15) is 27.6 Å². The van der Waals surface area contributed by atoms with Crippen molar-refractivity contribution in [3.05, 3.63) is 29.8 Å². The zero-order valence-corrected chi connectivity index (χ0v) is 17.4. The summed E-state index contributed by atoms with van der Waals surface area (Å²) in [6.45, 7) is -0.500. The summed E-state index contributed by atoms with van der Waals surface area (Å²) in [7, 11) is 0. The van der Waals surface area contributed by atoms with Crippen LogP contribution in [0.3, 0.4) is 0 Å². The second-order valence-electron chi connectivity index (χ2n) is 7.39. The van der Waals surface area contributed by atoms with Crippen molar-refractivity contribution in [2.75, 3.05) is 11.9 Å². The van der Waals surface area contributed by atoms with Crippen LogP contribution in [0.5, 0.6) is 0 Å². The molecule has 6 atom stereocenters.